The van der Waals surface area contributed by atoms with Gasteiger partial charge in [-0.1, -0.05) is 44.2 Å². The van der Waals surface area contributed by atoms with E-state index in [-0.39, 0.29) is 30.1 Å². The van der Waals surface area contributed by atoms with Gasteiger partial charge in [0.25, 0.3) is 5.91 Å². The van der Waals surface area contributed by atoms with Crippen LogP contribution in [-0.2, 0) is 16.1 Å². The Bertz CT molecular complexity index is 1570. The van der Waals surface area contributed by atoms with E-state index < -0.39 is 12.1 Å². The molecular weight excluding hydrogens is 592 g/mol. The minimum atomic E-state index is -0.685. The molecule has 0 unspecified atom stereocenters. The number of tetrazole rings is 1. The van der Waals surface area contributed by atoms with Gasteiger partial charge in [-0.05, 0) is 65.5 Å². The normalized spacial score (nSPS) is 18.2. The van der Waals surface area contributed by atoms with E-state index in [1.165, 1.54) is 11.0 Å². The van der Waals surface area contributed by atoms with Gasteiger partial charge in [0.2, 0.25) is 11.8 Å². The molecule has 0 saturated heterocycles. The number of amides is 3. The van der Waals surface area contributed by atoms with Gasteiger partial charge in [-0.25, -0.2) is 14.3 Å². The summed E-state index contributed by atoms with van der Waals surface area (Å²) in [4.78, 5) is 47.0. The highest BCUT2D eigenvalue weighted by Gasteiger charge is 2.30. The molecule has 2 N–H and O–H groups in total. The molecule has 2 aromatic heterocycles. The summed E-state index contributed by atoms with van der Waals surface area (Å²) in [6, 6.07) is 15.6. The van der Waals surface area contributed by atoms with Gasteiger partial charge < -0.3 is 15.5 Å². The Kier molecular flexibility index (Phi) is 10.6. The number of nitrogens with one attached hydrogen (secondary N) is 2. The molecule has 1 aliphatic rings. The second kappa shape index (κ2) is 14.9. The van der Waals surface area contributed by atoms with E-state index in [9.17, 15) is 14.4 Å². The lowest BCUT2D eigenvalue weighted by molar-refractivity contribution is -0.129. The van der Waals surface area contributed by atoms with Crippen molar-refractivity contribution in [3.05, 3.63) is 72.3 Å². The van der Waals surface area contributed by atoms with Crippen LogP contribution in [0.3, 0.4) is 0 Å². The van der Waals surface area contributed by atoms with Crippen molar-refractivity contribution in [3.8, 4) is 17.1 Å². The average molecular weight is 631 g/mol. The third-order valence-corrected chi connectivity index (χ3v) is 8.31. The van der Waals surface area contributed by atoms with Crippen molar-refractivity contribution in [2.24, 2.45) is 5.92 Å². The van der Waals surface area contributed by atoms with E-state index in [0.29, 0.717) is 55.4 Å². The zero-order chi connectivity index (χ0) is 31.8. The molecule has 13 nitrogen and oxygen atoms in total. The highest BCUT2D eigenvalue weighted by atomic mass is 32.2. The maximum atomic E-state index is 13.8. The summed E-state index contributed by atoms with van der Waals surface area (Å²) in [6.07, 6.45) is 4.58. The number of benzene rings is 2. The van der Waals surface area contributed by atoms with Crippen LogP contribution in [0.25, 0.3) is 17.1 Å². The second-order valence-corrected chi connectivity index (χ2v) is 12.2. The Hall–Kier alpha value is -4.59. The molecule has 2 atom stereocenters. The van der Waals surface area contributed by atoms with Crippen molar-refractivity contribution in [2.45, 2.75) is 51.7 Å². The number of carbonyl (C=O) groups excluding carboxylic acids is 3. The summed E-state index contributed by atoms with van der Waals surface area (Å²) in [5.41, 5.74) is 2.09. The van der Waals surface area contributed by atoms with Gasteiger partial charge in [0.15, 0.2) is 11.6 Å². The fraction of sp³-hybridized carbons (Fsp3) is 0.419. The van der Waals surface area contributed by atoms with Crippen LogP contribution in [-0.4, -0.2) is 88.7 Å². The van der Waals surface area contributed by atoms with E-state index in [0.717, 1.165) is 11.3 Å². The molecule has 0 fully saturated rings. The van der Waals surface area contributed by atoms with Crippen LogP contribution in [0.4, 0.5) is 0 Å². The van der Waals surface area contributed by atoms with Crippen molar-refractivity contribution in [2.75, 3.05) is 25.1 Å². The molecule has 1 aliphatic heterocycles. The molecule has 3 heterocycles. The van der Waals surface area contributed by atoms with Crippen molar-refractivity contribution >= 4 is 29.5 Å². The molecule has 3 amide bonds. The third-order valence-electron chi connectivity index (χ3n) is 7.67. The standard InChI is InChI=1S/C31H38N10O3S/c1-21(2)27-29-35-28(22-8-5-4-6-9-22)36-40(29)18-17-39(16-7-10-26(42)33-25(15-19-45-3)30(43)34-27)31(44)23-11-13-24(14-12-23)41-20-32-37-38-41/h4-6,8-9,11-14,20-21,25,27H,7,10,15-19H2,1-3H3,(H,33,42)(H,34,43)/t25-,27+/m0/s1. The molecule has 0 radical (unpaired) electrons. The first-order valence-corrected chi connectivity index (χ1v) is 16.4. The number of fused-ring (bicyclic) bond motifs is 1. The van der Waals surface area contributed by atoms with Crippen LogP contribution in [0.15, 0.2) is 60.9 Å². The highest BCUT2D eigenvalue weighted by molar-refractivity contribution is 7.98. The molecular formula is C31H38N10O3S. The van der Waals surface area contributed by atoms with Gasteiger partial charge in [0.1, 0.15) is 12.4 Å². The lowest BCUT2D eigenvalue weighted by atomic mass is 10.0. The molecule has 0 aliphatic carbocycles. The Labute approximate surface area is 266 Å². The molecule has 0 spiro atoms. The van der Waals surface area contributed by atoms with Gasteiger partial charge in [0.05, 0.1) is 18.3 Å². The summed E-state index contributed by atoms with van der Waals surface area (Å²) in [7, 11) is 0. The van der Waals surface area contributed by atoms with Crippen LogP contribution in [0.5, 0.6) is 0 Å². The smallest absolute Gasteiger partial charge is 0.253 e. The number of hydrogen-bond acceptors (Lipinski definition) is 9. The third kappa shape index (κ3) is 7.93. The summed E-state index contributed by atoms with van der Waals surface area (Å²) in [5, 5.41) is 22.2. The first kappa shape index (κ1) is 31.8. The molecule has 45 heavy (non-hydrogen) atoms. The molecule has 0 bridgehead atoms. The fourth-order valence-electron chi connectivity index (χ4n) is 5.19. The Morgan fingerprint density at radius 2 is 1.80 bits per heavy atom. The van der Waals surface area contributed by atoms with E-state index in [1.807, 2.05) is 50.4 Å². The first-order valence-electron chi connectivity index (χ1n) is 15.1. The zero-order valence-electron chi connectivity index (χ0n) is 25.7. The van der Waals surface area contributed by atoms with Gasteiger partial charge in [0, 0.05) is 30.6 Å². The highest BCUT2D eigenvalue weighted by Crippen LogP contribution is 2.25. The monoisotopic (exact) mass is 630 g/mol. The Balaban J connectivity index is 1.48. The van der Waals surface area contributed by atoms with Gasteiger partial charge in [-0.2, -0.15) is 16.9 Å². The molecule has 5 rings (SSSR count). The van der Waals surface area contributed by atoms with Crippen molar-refractivity contribution in [3.63, 3.8) is 0 Å². The van der Waals surface area contributed by atoms with E-state index in [2.05, 4.69) is 26.2 Å². The fourth-order valence-corrected chi connectivity index (χ4v) is 5.66. The van der Waals surface area contributed by atoms with Crippen molar-refractivity contribution in [1.29, 1.82) is 0 Å². The Morgan fingerprint density at radius 3 is 2.49 bits per heavy atom. The number of rotatable bonds is 7. The number of aromatic nitrogens is 7. The lowest BCUT2D eigenvalue weighted by Crippen LogP contribution is -2.49. The maximum absolute atomic E-state index is 13.8. The summed E-state index contributed by atoms with van der Waals surface area (Å²) >= 11 is 1.62. The van der Waals surface area contributed by atoms with E-state index >= 15 is 0 Å². The lowest BCUT2D eigenvalue weighted by Gasteiger charge is -2.28. The van der Waals surface area contributed by atoms with Crippen LogP contribution in [0.1, 0.15) is 55.3 Å². The summed E-state index contributed by atoms with van der Waals surface area (Å²) in [6.45, 7) is 5.06. The zero-order valence-corrected chi connectivity index (χ0v) is 26.5. The summed E-state index contributed by atoms with van der Waals surface area (Å²) < 4.78 is 3.32. The quantitative estimate of drug-likeness (QED) is 0.314. The number of carbonyl (C=O) groups is 3. The summed E-state index contributed by atoms with van der Waals surface area (Å²) in [5.74, 6) is 1.20. The topological polar surface area (TPSA) is 153 Å². The van der Waals surface area contributed by atoms with Crippen LogP contribution in [0.2, 0.25) is 0 Å². The number of hydrogen-bond donors (Lipinski definition) is 2. The van der Waals surface area contributed by atoms with Crippen LogP contribution < -0.4 is 10.6 Å². The molecule has 2 aromatic carbocycles. The van der Waals surface area contributed by atoms with E-state index in [4.69, 9.17) is 10.1 Å². The van der Waals surface area contributed by atoms with Crippen molar-refractivity contribution in [1.82, 2.24) is 50.5 Å². The van der Waals surface area contributed by atoms with E-state index in [1.54, 1.807) is 45.6 Å². The maximum Gasteiger partial charge on any atom is 0.253 e. The van der Waals surface area contributed by atoms with Crippen molar-refractivity contribution < 1.29 is 14.4 Å². The van der Waals surface area contributed by atoms with Gasteiger partial charge >= 0.3 is 0 Å². The van der Waals surface area contributed by atoms with Crippen LogP contribution >= 0.6 is 11.8 Å². The molecule has 4 aromatic rings. The number of nitrogens with zero attached hydrogens (tertiary/aromatic N) is 8. The average Bonchev–Trinajstić information content (AvgIpc) is 3.74. The molecule has 0 saturated carbocycles. The predicted molar refractivity (Wildman–Crippen MR) is 170 cm³/mol. The largest absolute Gasteiger partial charge is 0.344 e. The van der Waals surface area contributed by atoms with Gasteiger partial charge in [-0.15, -0.1) is 5.10 Å². The van der Waals surface area contributed by atoms with Crippen LogP contribution in [0, 0.1) is 5.92 Å². The first-order chi connectivity index (χ1) is 21.8. The minimum Gasteiger partial charge on any atom is -0.344 e. The number of thioether (sulfide) groups is 1. The predicted octanol–water partition coefficient (Wildman–Crippen LogP) is 2.91. The Morgan fingerprint density at radius 1 is 1.02 bits per heavy atom. The SMILES string of the molecule is CSCC[C@@H]1NC(=O)CCCN(C(=O)c2ccc(-n3cnnn3)cc2)CCn2nc(-c3ccccc3)nc2[C@@H](C(C)C)NC1=O. The minimum absolute atomic E-state index is 0.0261. The molecule has 236 valence electrons. The second-order valence-electron chi connectivity index (χ2n) is 11.2. The van der Waals surface area contributed by atoms with Gasteiger partial charge in [-0.3, -0.25) is 14.4 Å². The molecule has 14 heteroatoms.